The summed E-state index contributed by atoms with van der Waals surface area (Å²) in [5.74, 6) is 0. The van der Waals surface area contributed by atoms with Crippen LogP contribution in [0.3, 0.4) is 0 Å². The second kappa shape index (κ2) is 13.1. The molecule has 156 valence electrons. The summed E-state index contributed by atoms with van der Waals surface area (Å²) in [5, 5.41) is -0.673. The first-order valence-corrected chi connectivity index (χ1v) is 12.6. The maximum absolute atomic E-state index is 11.6. The number of hydrogen-bond acceptors (Lipinski definition) is 3. The standard InChI is InChI=1S/C21H43NO3S/c1-3-4-5-6-7-8-9-10-11-13-16-21(26(23,24)25)17-20-22(2)18-14-12-15-19-22/h21H,3-20H2,1-2H3. The summed E-state index contributed by atoms with van der Waals surface area (Å²) < 4.78 is 35.9. The maximum Gasteiger partial charge on any atom is 0.0977 e. The van der Waals surface area contributed by atoms with E-state index in [0.717, 1.165) is 37.0 Å². The average Bonchev–Trinajstić information content (AvgIpc) is 2.58. The quantitative estimate of drug-likeness (QED) is 0.219. The van der Waals surface area contributed by atoms with E-state index in [2.05, 4.69) is 14.0 Å². The van der Waals surface area contributed by atoms with Gasteiger partial charge >= 0.3 is 0 Å². The highest BCUT2D eigenvalue weighted by molar-refractivity contribution is 7.86. The van der Waals surface area contributed by atoms with Gasteiger partial charge in [0.1, 0.15) is 0 Å². The molecule has 1 aliphatic heterocycles. The van der Waals surface area contributed by atoms with Crippen molar-refractivity contribution in [1.29, 1.82) is 0 Å². The molecular formula is C21H43NO3S. The van der Waals surface area contributed by atoms with Crippen LogP contribution in [-0.4, -0.2) is 49.4 Å². The number of piperidine rings is 1. The van der Waals surface area contributed by atoms with Crippen molar-refractivity contribution < 1.29 is 17.5 Å². The van der Waals surface area contributed by atoms with Gasteiger partial charge in [0.2, 0.25) is 0 Å². The predicted octanol–water partition coefficient (Wildman–Crippen LogP) is 5.23. The fourth-order valence-corrected chi connectivity index (χ4v) is 5.10. The van der Waals surface area contributed by atoms with Gasteiger partial charge in [0.05, 0.1) is 42.1 Å². The lowest BCUT2D eigenvalue weighted by Crippen LogP contribution is -2.49. The van der Waals surface area contributed by atoms with Crippen molar-refractivity contribution >= 4 is 10.1 Å². The van der Waals surface area contributed by atoms with Crippen LogP contribution in [-0.2, 0) is 10.1 Å². The van der Waals surface area contributed by atoms with E-state index in [1.807, 2.05) is 0 Å². The molecule has 0 amide bonds. The molecule has 0 aromatic heterocycles. The van der Waals surface area contributed by atoms with Crippen molar-refractivity contribution in [3.63, 3.8) is 0 Å². The largest absolute Gasteiger partial charge is 0.748 e. The number of likely N-dealkylation sites (tertiary alicyclic amines) is 1. The lowest BCUT2D eigenvalue weighted by Gasteiger charge is -2.39. The van der Waals surface area contributed by atoms with Crippen LogP contribution in [0, 0.1) is 0 Å². The number of unbranched alkanes of at least 4 members (excludes halogenated alkanes) is 9. The first kappa shape index (κ1) is 23.9. The zero-order valence-electron chi connectivity index (χ0n) is 17.4. The Balaban J connectivity index is 2.17. The van der Waals surface area contributed by atoms with Gasteiger partial charge in [-0.2, -0.15) is 0 Å². The van der Waals surface area contributed by atoms with E-state index < -0.39 is 15.4 Å². The number of rotatable bonds is 15. The van der Waals surface area contributed by atoms with Gasteiger partial charge in [-0.1, -0.05) is 71.1 Å². The third-order valence-electron chi connectivity index (χ3n) is 6.17. The predicted molar refractivity (Wildman–Crippen MR) is 109 cm³/mol. The first-order chi connectivity index (χ1) is 12.4. The van der Waals surface area contributed by atoms with Crippen molar-refractivity contribution in [2.24, 2.45) is 0 Å². The highest BCUT2D eigenvalue weighted by Crippen LogP contribution is 2.21. The van der Waals surface area contributed by atoms with E-state index in [-0.39, 0.29) is 0 Å². The summed E-state index contributed by atoms with van der Waals surface area (Å²) in [5.41, 5.74) is 0. The monoisotopic (exact) mass is 389 g/mol. The fraction of sp³-hybridized carbons (Fsp3) is 1.00. The molecule has 1 aliphatic rings. The highest BCUT2D eigenvalue weighted by Gasteiger charge is 2.27. The summed E-state index contributed by atoms with van der Waals surface area (Å²) in [6, 6.07) is 0. The maximum atomic E-state index is 11.6. The molecular weight excluding hydrogens is 346 g/mol. The van der Waals surface area contributed by atoms with Crippen molar-refractivity contribution in [2.45, 2.75) is 108 Å². The molecule has 0 spiro atoms. The highest BCUT2D eigenvalue weighted by atomic mass is 32.2. The van der Waals surface area contributed by atoms with Gasteiger partial charge < -0.3 is 9.04 Å². The SMILES string of the molecule is CCCCCCCCCCCCC(CC[N+]1(C)CCCCC1)S(=O)(=O)[O-]. The van der Waals surface area contributed by atoms with Crippen LogP contribution in [0.5, 0.6) is 0 Å². The Labute approximate surface area is 163 Å². The van der Waals surface area contributed by atoms with Crippen LogP contribution in [0.25, 0.3) is 0 Å². The molecule has 0 aromatic carbocycles. The number of nitrogens with zero attached hydrogens (tertiary/aromatic N) is 1. The van der Waals surface area contributed by atoms with Gasteiger partial charge in [0.25, 0.3) is 0 Å². The topological polar surface area (TPSA) is 57.2 Å². The van der Waals surface area contributed by atoms with Crippen LogP contribution >= 0.6 is 0 Å². The molecule has 0 bridgehead atoms. The first-order valence-electron chi connectivity index (χ1n) is 11.2. The third kappa shape index (κ3) is 10.9. The van der Waals surface area contributed by atoms with E-state index in [0.29, 0.717) is 12.8 Å². The summed E-state index contributed by atoms with van der Waals surface area (Å²) in [4.78, 5) is 0. The molecule has 1 unspecified atom stereocenters. The Kier molecular flexibility index (Phi) is 12.1. The normalized spacial score (nSPS) is 18.7. The minimum Gasteiger partial charge on any atom is -0.748 e. The summed E-state index contributed by atoms with van der Waals surface area (Å²) in [7, 11) is -1.95. The molecule has 1 saturated heterocycles. The minimum absolute atomic E-state index is 0.541. The molecule has 26 heavy (non-hydrogen) atoms. The zero-order valence-corrected chi connectivity index (χ0v) is 18.2. The Morgan fingerprint density at radius 3 is 1.81 bits per heavy atom. The van der Waals surface area contributed by atoms with Gasteiger partial charge in [-0.3, -0.25) is 0 Å². The Morgan fingerprint density at radius 2 is 1.31 bits per heavy atom. The van der Waals surface area contributed by atoms with Crippen molar-refractivity contribution in [3.8, 4) is 0 Å². The second-order valence-corrected chi connectivity index (χ2v) is 10.4. The Hall–Kier alpha value is -0.130. The molecule has 5 heteroatoms. The Morgan fingerprint density at radius 1 is 0.808 bits per heavy atom. The van der Waals surface area contributed by atoms with E-state index in [1.165, 1.54) is 70.6 Å². The van der Waals surface area contributed by atoms with Crippen LogP contribution in [0.15, 0.2) is 0 Å². The molecule has 0 aliphatic carbocycles. The van der Waals surface area contributed by atoms with E-state index in [9.17, 15) is 13.0 Å². The minimum atomic E-state index is -4.16. The Bertz CT molecular complexity index is 444. The molecule has 0 saturated carbocycles. The summed E-state index contributed by atoms with van der Waals surface area (Å²) in [6.07, 6.45) is 17.2. The van der Waals surface area contributed by atoms with Gasteiger partial charge in [-0.15, -0.1) is 0 Å². The third-order valence-corrected chi connectivity index (χ3v) is 7.46. The van der Waals surface area contributed by atoms with E-state index in [4.69, 9.17) is 0 Å². The van der Waals surface area contributed by atoms with Gasteiger partial charge in [0, 0.05) is 6.42 Å². The van der Waals surface area contributed by atoms with E-state index >= 15 is 0 Å². The summed E-state index contributed by atoms with van der Waals surface area (Å²) in [6.45, 7) is 5.33. The molecule has 1 fully saturated rings. The molecule has 0 aromatic rings. The zero-order chi connectivity index (χ0) is 19.3. The molecule has 1 atom stereocenters. The van der Waals surface area contributed by atoms with Crippen LogP contribution < -0.4 is 0 Å². The molecule has 1 rings (SSSR count). The fourth-order valence-electron chi connectivity index (χ4n) is 4.25. The molecule has 4 nitrogen and oxygen atoms in total. The van der Waals surface area contributed by atoms with Gasteiger partial charge in [-0.05, 0) is 25.7 Å². The summed E-state index contributed by atoms with van der Waals surface area (Å²) >= 11 is 0. The van der Waals surface area contributed by atoms with Crippen molar-refractivity contribution in [2.75, 3.05) is 26.7 Å². The second-order valence-electron chi connectivity index (χ2n) is 8.73. The molecule has 1 heterocycles. The lowest BCUT2D eigenvalue weighted by molar-refractivity contribution is -0.914. The van der Waals surface area contributed by atoms with Crippen LogP contribution in [0.2, 0.25) is 0 Å². The van der Waals surface area contributed by atoms with Gasteiger partial charge in [0.15, 0.2) is 0 Å². The van der Waals surface area contributed by atoms with Crippen LogP contribution in [0.1, 0.15) is 103 Å². The number of hydrogen-bond donors (Lipinski definition) is 0. The lowest BCUT2D eigenvalue weighted by atomic mass is 10.0. The van der Waals surface area contributed by atoms with Crippen LogP contribution in [0.4, 0.5) is 0 Å². The van der Waals surface area contributed by atoms with Gasteiger partial charge in [-0.25, -0.2) is 8.42 Å². The average molecular weight is 390 g/mol. The van der Waals surface area contributed by atoms with Crippen molar-refractivity contribution in [3.05, 3.63) is 0 Å². The number of quaternary nitrogens is 1. The van der Waals surface area contributed by atoms with E-state index in [1.54, 1.807) is 0 Å². The smallest absolute Gasteiger partial charge is 0.0977 e. The van der Waals surface area contributed by atoms with Crippen molar-refractivity contribution in [1.82, 2.24) is 0 Å². The molecule has 0 radical (unpaired) electrons. The molecule has 0 N–H and O–H groups in total.